The number of nitrogens with one attached hydrogen (secondary N) is 1. The predicted octanol–water partition coefficient (Wildman–Crippen LogP) is 3.71. The SMILES string of the molecule is C[C@H](O)COCC1(O)C2CC1CC(S(=O)(=O)c1cc(C(=O)Nc3cc(F)c(F)c(F)c3)ccc1Cl)C2. The van der Waals surface area contributed by atoms with E-state index in [-0.39, 0.29) is 59.1 Å². The zero-order valence-corrected chi connectivity index (χ0v) is 20.8. The van der Waals surface area contributed by atoms with Gasteiger partial charge in [0.15, 0.2) is 27.3 Å². The number of carbonyl (C=O) groups is 1. The van der Waals surface area contributed by atoms with Crippen LogP contribution >= 0.6 is 11.6 Å². The Morgan fingerprint density at radius 1 is 1.17 bits per heavy atom. The second-order valence-electron chi connectivity index (χ2n) is 9.48. The Balaban J connectivity index is 1.50. The van der Waals surface area contributed by atoms with Gasteiger partial charge in [0, 0.05) is 23.4 Å². The molecule has 3 aliphatic rings. The van der Waals surface area contributed by atoms with Gasteiger partial charge in [-0.25, -0.2) is 21.6 Å². The summed E-state index contributed by atoms with van der Waals surface area (Å²) < 4.78 is 72.4. The van der Waals surface area contributed by atoms with E-state index in [0.717, 1.165) is 6.07 Å². The summed E-state index contributed by atoms with van der Waals surface area (Å²) in [4.78, 5) is 12.4. The predicted molar refractivity (Wildman–Crippen MR) is 125 cm³/mol. The molecule has 7 nitrogen and oxygen atoms in total. The summed E-state index contributed by atoms with van der Waals surface area (Å²) >= 11 is 6.18. The number of ether oxygens (including phenoxy) is 1. The number of carbonyl (C=O) groups excluding carboxylic acids is 1. The number of hydrogen-bond donors (Lipinski definition) is 3. The second-order valence-corrected chi connectivity index (χ2v) is 12.1. The second kappa shape index (κ2) is 9.94. The lowest BCUT2D eigenvalue weighted by Gasteiger charge is -2.58. The molecule has 0 radical (unpaired) electrons. The minimum atomic E-state index is -4.00. The van der Waals surface area contributed by atoms with Gasteiger partial charge in [0.2, 0.25) is 0 Å². The minimum Gasteiger partial charge on any atom is -0.391 e. The topological polar surface area (TPSA) is 113 Å². The first-order valence-electron chi connectivity index (χ1n) is 11.3. The zero-order valence-electron chi connectivity index (χ0n) is 19.2. The molecule has 2 aromatic carbocycles. The van der Waals surface area contributed by atoms with Crippen LogP contribution in [-0.2, 0) is 14.6 Å². The number of sulfone groups is 1. The molecule has 0 spiro atoms. The smallest absolute Gasteiger partial charge is 0.255 e. The lowest BCUT2D eigenvalue weighted by Crippen LogP contribution is -2.64. The summed E-state index contributed by atoms with van der Waals surface area (Å²) in [5.74, 6) is -6.14. The molecule has 0 aromatic heterocycles. The van der Waals surface area contributed by atoms with E-state index in [1.54, 1.807) is 6.92 Å². The van der Waals surface area contributed by atoms with Gasteiger partial charge in [0.1, 0.15) is 0 Å². The Labute approximate surface area is 211 Å². The van der Waals surface area contributed by atoms with Gasteiger partial charge in [-0.3, -0.25) is 4.79 Å². The molecule has 2 unspecified atom stereocenters. The summed E-state index contributed by atoms with van der Waals surface area (Å²) in [5, 5.41) is 21.6. The number of halogens is 4. The fourth-order valence-electron chi connectivity index (χ4n) is 5.01. The molecule has 3 saturated carbocycles. The third kappa shape index (κ3) is 4.99. The number of aliphatic hydroxyl groups is 2. The summed E-state index contributed by atoms with van der Waals surface area (Å²) in [7, 11) is -4.00. The van der Waals surface area contributed by atoms with E-state index in [1.807, 2.05) is 0 Å². The van der Waals surface area contributed by atoms with Crippen LogP contribution in [0, 0.1) is 29.3 Å². The monoisotopic (exact) mass is 547 g/mol. The molecule has 3 fully saturated rings. The van der Waals surface area contributed by atoms with E-state index >= 15 is 0 Å². The summed E-state index contributed by atoms with van der Waals surface area (Å²) in [6, 6.07) is 4.78. The lowest BCUT2D eigenvalue weighted by molar-refractivity contribution is -0.209. The van der Waals surface area contributed by atoms with Crippen molar-refractivity contribution in [3.05, 3.63) is 58.4 Å². The normalized spacial score (nSPS) is 26.2. The quantitative estimate of drug-likeness (QED) is 0.434. The Morgan fingerprint density at radius 3 is 2.36 bits per heavy atom. The Bertz CT molecular complexity index is 1250. The molecular formula is C24H25ClF3NO6S. The largest absolute Gasteiger partial charge is 0.391 e. The molecule has 0 heterocycles. The minimum absolute atomic E-state index is 0.000980. The van der Waals surface area contributed by atoms with Gasteiger partial charge >= 0.3 is 0 Å². The highest BCUT2D eigenvalue weighted by Crippen LogP contribution is 2.55. The Kier molecular flexibility index (Phi) is 7.42. The summed E-state index contributed by atoms with van der Waals surface area (Å²) in [5.41, 5.74) is -1.64. The van der Waals surface area contributed by atoms with Crippen molar-refractivity contribution in [2.45, 2.75) is 48.0 Å². The highest BCUT2D eigenvalue weighted by atomic mass is 35.5. The molecule has 12 heteroatoms. The van der Waals surface area contributed by atoms with Gasteiger partial charge in [-0.2, -0.15) is 0 Å². The van der Waals surface area contributed by atoms with E-state index in [1.165, 1.54) is 12.1 Å². The first-order valence-corrected chi connectivity index (χ1v) is 13.2. The molecule has 36 heavy (non-hydrogen) atoms. The van der Waals surface area contributed by atoms with Crippen LogP contribution in [-0.4, -0.2) is 54.7 Å². The maximum absolute atomic E-state index is 13.5. The molecule has 3 N–H and O–H groups in total. The molecule has 196 valence electrons. The average molecular weight is 548 g/mol. The highest BCUT2D eigenvalue weighted by molar-refractivity contribution is 7.92. The van der Waals surface area contributed by atoms with Crippen LogP contribution in [0.5, 0.6) is 0 Å². The third-order valence-corrected chi connectivity index (χ3v) is 9.61. The van der Waals surface area contributed by atoms with E-state index in [0.29, 0.717) is 18.6 Å². The van der Waals surface area contributed by atoms with E-state index in [9.17, 15) is 36.6 Å². The van der Waals surface area contributed by atoms with Gasteiger partial charge in [0.25, 0.3) is 5.91 Å². The molecule has 2 aromatic rings. The van der Waals surface area contributed by atoms with Crippen molar-refractivity contribution in [1.82, 2.24) is 0 Å². The third-order valence-electron chi connectivity index (χ3n) is 6.95. The Hall–Kier alpha value is -2.18. The number of aliphatic hydroxyl groups excluding tert-OH is 1. The number of rotatable bonds is 8. The standard InChI is InChI=1S/C24H25ClF3NO6S/c1-12(30)10-35-11-24(32)14-5-15(24)7-17(6-14)36(33,34)21-4-13(2-3-18(21)25)23(31)29-16-8-19(26)22(28)20(27)9-16/h2-4,8-9,12,14-15,17,30,32H,5-7,10-11H2,1H3,(H,29,31)/t12-,14?,15?,17?,24?/m0/s1. The van der Waals surface area contributed by atoms with Crippen LogP contribution in [0.3, 0.4) is 0 Å². The first kappa shape index (κ1) is 26.9. The van der Waals surface area contributed by atoms with Crippen LogP contribution in [0.15, 0.2) is 35.2 Å². The number of benzene rings is 2. The maximum atomic E-state index is 13.5. The van der Waals surface area contributed by atoms with Crippen molar-refractivity contribution in [3.63, 3.8) is 0 Å². The number of fused-ring (bicyclic) bond motifs is 2. The van der Waals surface area contributed by atoms with E-state index in [4.69, 9.17) is 16.3 Å². The van der Waals surface area contributed by atoms with Gasteiger partial charge < -0.3 is 20.3 Å². The molecular weight excluding hydrogens is 523 g/mol. The maximum Gasteiger partial charge on any atom is 0.255 e. The van der Waals surface area contributed by atoms with Crippen LogP contribution in [0.2, 0.25) is 5.02 Å². The molecule has 3 atom stereocenters. The van der Waals surface area contributed by atoms with Gasteiger partial charge in [-0.15, -0.1) is 0 Å². The van der Waals surface area contributed by atoms with Crippen LogP contribution in [0.25, 0.3) is 0 Å². The summed E-state index contributed by atoms with van der Waals surface area (Å²) in [6.45, 7) is 1.62. The number of anilines is 1. The first-order chi connectivity index (χ1) is 16.8. The number of hydrogen-bond acceptors (Lipinski definition) is 6. The lowest BCUT2D eigenvalue weighted by atomic mass is 9.54. The van der Waals surface area contributed by atoms with Gasteiger partial charge in [-0.1, -0.05) is 11.6 Å². The van der Waals surface area contributed by atoms with Crippen molar-refractivity contribution < 1.29 is 41.3 Å². The van der Waals surface area contributed by atoms with Crippen molar-refractivity contribution >= 4 is 33.0 Å². The van der Waals surface area contributed by atoms with Gasteiger partial charge in [-0.05, 0) is 56.2 Å². The average Bonchev–Trinajstić information content (AvgIpc) is 2.82. The zero-order chi connectivity index (χ0) is 26.4. The van der Waals surface area contributed by atoms with E-state index in [2.05, 4.69) is 5.32 Å². The number of amides is 1. The van der Waals surface area contributed by atoms with Crippen LogP contribution < -0.4 is 5.32 Å². The molecule has 0 aliphatic heterocycles. The fourth-order valence-corrected chi connectivity index (χ4v) is 7.41. The molecule has 5 rings (SSSR count). The van der Waals surface area contributed by atoms with E-state index < -0.39 is 50.2 Å². The fraction of sp³-hybridized carbons (Fsp3) is 0.458. The molecule has 1 amide bonds. The van der Waals surface area contributed by atoms with Crippen LogP contribution in [0.1, 0.15) is 36.5 Å². The van der Waals surface area contributed by atoms with Crippen LogP contribution in [0.4, 0.5) is 18.9 Å². The van der Waals surface area contributed by atoms with Crippen molar-refractivity contribution in [2.24, 2.45) is 11.8 Å². The van der Waals surface area contributed by atoms with Crippen molar-refractivity contribution in [3.8, 4) is 0 Å². The molecule has 3 aliphatic carbocycles. The Morgan fingerprint density at radius 2 is 1.78 bits per heavy atom. The molecule has 2 bridgehead atoms. The van der Waals surface area contributed by atoms with Crippen molar-refractivity contribution in [2.75, 3.05) is 18.5 Å². The highest BCUT2D eigenvalue weighted by Gasteiger charge is 2.60. The molecule has 0 saturated heterocycles. The summed E-state index contributed by atoms with van der Waals surface area (Å²) in [6.07, 6.45) is 0.318. The van der Waals surface area contributed by atoms with Crippen molar-refractivity contribution in [1.29, 1.82) is 0 Å². The van der Waals surface area contributed by atoms with Gasteiger partial charge in [0.05, 0.1) is 40.1 Å².